The number of rotatable bonds is 4. The molecule has 0 radical (unpaired) electrons. The summed E-state index contributed by atoms with van der Waals surface area (Å²) < 4.78 is 0. The molecule has 0 atom stereocenters. The smallest absolute Gasteiger partial charge is 0.222 e. The molecule has 1 fully saturated rings. The van der Waals surface area contributed by atoms with Crippen LogP contribution in [0.2, 0.25) is 0 Å². The van der Waals surface area contributed by atoms with Gasteiger partial charge in [0.15, 0.2) is 0 Å². The van der Waals surface area contributed by atoms with Crippen molar-refractivity contribution in [3.8, 4) is 0 Å². The lowest BCUT2D eigenvalue weighted by Gasteiger charge is -2.35. The molecule has 2 rings (SSSR count). The number of hydrogen-bond donors (Lipinski definition) is 2. The molecule has 2 N–H and O–H groups in total. The third kappa shape index (κ3) is 3.42. The number of nitrogens with zero attached hydrogens (tertiary/aromatic N) is 2. The van der Waals surface area contributed by atoms with Crippen LogP contribution < -0.4 is 5.32 Å². The van der Waals surface area contributed by atoms with Gasteiger partial charge in [0.1, 0.15) is 0 Å². The standard InChI is InChI=1S/C14H23N3O/c1-3-12-4-7-14(18,8-5-12)10-16-13-15-9-6-11(2)17-13/h6,9,12,18H,3-5,7-8,10H2,1-2H3,(H,15,16,17). The van der Waals surface area contributed by atoms with Gasteiger partial charge >= 0.3 is 0 Å². The molecule has 0 unspecified atom stereocenters. The summed E-state index contributed by atoms with van der Waals surface area (Å²) in [6.07, 6.45) is 6.98. The van der Waals surface area contributed by atoms with Gasteiger partial charge in [-0.15, -0.1) is 0 Å². The van der Waals surface area contributed by atoms with Crippen molar-refractivity contribution in [1.82, 2.24) is 9.97 Å². The van der Waals surface area contributed by atoms with Crippen LogP contribution in [0, 0.1) is 12.8 Å². The Bertz CT molecular complexity index is 386. The van der Waals surface area contributed by atoms with Gasteiger partial charge in [-0.2, -0.15) is 0 Å². The molecular formula is C14H23N3O. The molecule has 0 aromatic carbocycles. The van der Waals surface area contributed by atoms with Crippen LogP contribution in [0.15, 0.2) is 12.3 Å². The lowest BCUT2D eigenvalue weighted by Crippen LogP contribution is -2.40. The molecule has 4 heteroatoms. The molecule has 0 amide bonds. The summed E-state index contributed by atoms with van der Waals surface area (Å²) in [6.45, 7) is 4.72. The predicted octanol–water partition coefficient (Wildman–Crippen LogP) is 2.53. The van der Waals surface area contributed by atoms with Crippen LogP contribution in [0.3, 0.4) is 0 Å². The van der Waals surface area contributed by atoms with Gasteiger partial charge in [0.2, 0.25) is 5.95 Å². The summed E-state index contributed by atoms with van der Waals surface area (Å²) in [5, 5.41) is 13.7. The minimum atomic E-state index is -0.585. The van der Waals surface area contributed by atoms with Crippen LogP contribution in [0.5, 0.6) is 0 Å². The Kier molecular flexibility index (Phi) is 4.17. The van der Waals surface area contributed by atoms with Gasteiger partial charge < -0.3 is 10.4 Å². The van der Waals surface area contributed by atoms with Gasteiger partial charge in [-0.05, 0) is 44.6 Å². The Morgan fingerprint density at radius 1 is 1.44 bits per heavy atom. The number of aliphatic hydroxyl groups is 1. The fourth-order valence-electron chi connectivity index (χ4n) is 2.58. The SMILES string of the molecule is CCC1CCC(O)(CNc2nccc(C)n2)CC1. The van der Waals surface area contributed by atoms with Crippen molar-refractivity contribution in [3.63, 3.8) is 0 Å². The van der Waals surface area contributed by atoms with Crippen LogP contribution in [0.25, 0.3) is 0 Å². The molecule has 0 bridgehead atoms. The summed E-state index contributed by atoms with van der Waals surface area (Å²) in [5.74, 6) is 1.40. The second-order valence-corrected chi connectivity index (χ2v) is 5.45. The van der Waals surface area contributed by atoms with E-state index in [2.05, 4.69) is 22.2 Å². The van der Waals surface area contributed by atoms with Crippen molar-refractivity contribution in [2.45, 2.75) is 51.6 Å². The van der Waals surface area contributed by atoms with Crippen LogP contribution in [-0.2, 0) is 0 Å². The molecule has 0 spiro atoms. The van der Waals surface area contributed by atoms with Crippen molar-refractivity contribution in [2.24, 2.45) is 5.92 Å². The number of anilines is 1. The number of aryl methyl sites for hydroxylation is 1. The van der Waals surface area contributed by atoms with Gasteiger partial charge in [0, 0.05) is 18.4 Å². The van der Waals surface area contributed by atoms with Gasteiger partial charge in [-0.3, -0.25) is 0 Å². The maximum Gasteiger partial charge on any atom is 0.222 e. The first-order valence-corrected chi connectivity index (χ1v) is 6.87. The highest BCUT2D eigenvalue weighted by Crippen LogP contribution is 2.33. The molecule has 0 aliphatic heterocycles. The Labute approximate surface area is 109 Å². The zero-order valence-corrected chi connectivity index (χ0v) is 11.3. The van der Waals surface area contributed by atoms with E-state index in [4.69, 9.17) is 0 Å². The molecule has 1 aromatic heterocycles. The van der Waals surface area contributed by atoms with Gasteiger partial charge in [0.05, 0.1) is 5.60 Å². The van der Waals surface area contributed by atoms with Crippen molar-refractivity contribution in [3.05, 3.63) is 18.0 Å². The highest BCUT2D eigenvalue weighted by atomic mass is 16.3. The van der Waals surface area contributed by atoms with E-state index in [1.165, 1.54) is 6.42 Å². The minimum Gasteiger partial charge on any atom is -0.388 e. The summed E-state index contributed by atoms with van der Waals surface area (Å²) in [4.78, 5) is 8.44. The lowest BCUT2D eigenvalue weighted by atomic mass is 9.78. The van der Waals surface area contributed by atoms with Crippen LogP contribution in [-0.4, -0.2) is 27.2 Å². The average molecular weight is 249 g/mol. The highest BCUT2D eigenvalue weighted by Gasteiger charge is 2.32. The Morgan fingerprint density at radius 3 is 2.78 bits per heavy atom. The fraction of sp³-hybridized carbons (Fsp3) is 0.714. The minimum absolute atomic E-state index is 0.548. The molecule has 1 aliphatic rings. The molecule has 0 saturated heterocycles. The molecule has 4 nitrogen and oxygen atoms in total. The van der Waals surface area contributed by atoms with Crippen LogP contribution >= 0.6 is 0 Å². The fourth-order valence-corrected chi connectivity index (χ4v) is 2.58. The van der Waals surface area contributed by atoms with E-state index in [0.717, 1.165) is 37.3 Å². The normalized spacial score (nSPS) is 28.1. The van der Waals surface area contributed by atoms with E-state index in [1.54, 1.807) is 6.20 Å². The van der Waals surface area contributed by atoms with Crippen molar-refractivity contribution in [1.29, 1.82) is 0 Å². The summed E-state index contributed by atoms with van der Waals surface area (Å²) >= 11 is 0. The van der Waals surface area contributed by atoms with Crippen molar-refractivity contribution in [2.75, 3.05) is 11.9 Å². The molecule has 1 aliphatic carbocycles. The van der Waals surface area contributed by atoms with Gasteiger partial charge in [0.25, 0.3) is 0 Å². The van der Waals surface area contributed by atoms with Crippen molar-refractivity contribution < 1.29 is 5.11 Å². The second-order valence-electron chi connectivity index (χ2n) is 5.45. The Morgan fingerprint density at radius 2 is 2.17 bits per heavy atom. The van der Waals surface area contributed by atoms with Gasteiger partial charge in [-0.1, -0.05) is 13.3 Å². The van der Waals surface area contributed by atoms with Crippen LogP contribution in [0.1, 0.15) is 44.7 Å². The third-order valence-corrected chi connectivity index (χ3v) is 3.98. The molecule has 1 aromatic rings. The first-order chi connectivity index (χ1) is 8.61. The van der Waals surface area contributed by atoms with Crippen molar-refractivity contribution >= 4 is 5.95 Å². The first kappa shape index (κ1) is 13.3. The quantitative estimate of drug-likeness (QED) is 0.861. The highest BCUT2D eigenvalue weighted by molar-refractivity contribution is 5.25. The maximum atomic E-state index is 10.5. The second kappa shape index (κ2) is 5.65. The Hall–Kier alpha value is -1.16. The molecule has 1 heterocycles. The molecule has 1 saturated carbocycles. The zero-order chi connectivity index (χ0) is 13.0. The number of nitrogens with one attached hydrogen (secondary N) is 1. The van der Waals surface area contributed by atoms with Gasteiger partial charge in [-0.25, -0.2) is 9.97 Å². The maximum absolute atomic E-state index is 10.5. The molecular weight excluding hydrogens is 226 g/mol. The van der Waals surface area contributed by atoms with Crippen LogP contribution in [0.4, 0.5) is 5.95 Å². The van der Waals surface area contributed by atoms with E-state index in [1.807, 2.05) is 13.0 Å². The topological polar surface area (TPSA) is 58.0 Å². The number of hydrogen-bond acceptors (Lipinski definition) is 4. The summed E-state index contributed by atoms with van der Waals surface area (Å²) in [7, 11) is 0. The Balaban J connectivity index is 1.86. The van der Waals surface area contributed by atoms with E-state index >= 15 is 0 Å². The van der Waals surface area contributed by atoms with E-state index < -0.39 is 5.60 Å². The predicted molar refractivity (Wildman–Crippen MR) is 72.5 cm³/mol. The van der Waals surface area contributed by atoms with E-state index in [9.17, 15) is 5.11 Å². The summed E-state index contributed by atoms with van der Waals surface area (Å²) in [5.41, 5.74) is 0.355. The van der Waals surface area contributed by atoms with E-state index in [0.29, 0.717) is 12.5 Å². The lowest BCUT2D eigenvalue weighted by molar-refractivity contribution is 0.00216. The largest absolute Gasteiger partial charge is 0.388 e. The zero-order valence-electron chi connectivity index (χ0n) is 11.3. The molecule has 100 valence electrons. The monoisotopic (exact) mass is 249 g/mol. The average Bonchev–Trinajstić information content (AvgIpc) is 2.38. The third-order valence-electron chi connectivity index (χ3n) is 3.98. The number of aromatic nitrogens is 2. The molecule has 18 heavy (non-hydrogen) atoms. The summed E-state index contributed by atoms with van der Waals surface area (Å²) in [6, 6.07) is 1.87. The first-order valence-electron chi connectivity index (χ1n) is 6.87. The van der Waals surface area contributed by atoms with E-state index in [-0.39, 0.29) is 0 Å².